The van der Waals surface area contributed by atoms with Gasteiger partial charge in [0.25, 0.3) is 0 Å². The number of aromatic hydroxyl groups is 1. The number of aliphatic hydroxyl groups is 1. The van der Waals surface area contributed by atoms with Gasteiger partial charge in [-0.2, -0.15) is 9.61 Å². The van der Waals surface area contributed by atoms with Crippen LogP contribution in [0.25, 0.3) is 4.96 Å². The van der Waals surface area contributed by atoms with Gasteiger partial charge in [0.15, 0.2) is 0 Å². The van der Waals surface area contributed by atoms with E-state index in [0.29, 0.717) is 11.5 Å². The Morgan fingerprint density at radius 3 is 2.58 bits per heavy atom. The molecule has 1 atom stereocenters. The van der Waals surface area contributed by atoms with Gasteiger partial charge in [0, 0.05) is 6.54 Å². The topological polar surface area (TPSA) is 83.1 Å². The molecular weight excluding hydrogens is 352 g/mol. The monoisotopic (exact) mass is 376 g/mol. The Bertz CT molecular complexity index is 844. The molecule has 2 aromatic heterocycles. The molecule has 0 saturated carbocycles. The number of nitrogens with zero attached hydrogens (tertiary/aromatic N) is 4. The largest absolute Gasteiger partial charge is 0.492 e. The number of thiazole rings is 1. The maximum Gasteiger partial charge on any atom is 0.230 e. The molecule has 140 valence electrons. The highest BCUT2D eigenvalue weighted by Crippen LogP contribution is 2.39. The Kier molecular flexibility index (Phi) is 5.75. The van der Waals surface area contributed by atoms with Gasteiger partial charge in [-0.15, -0.1) is 0 Å². The van der Waals surface area contributed by atoms with Crippen LogP contribution in [0, 0.1) is 0 Å². The molecule has 0 radical (unpaired) electrons. The summed E-state index contributed by atoms with van der Waals surface area (Å²) in [6.07, 6.45) is 1.53. The third-order valence-electron chi connectivity index (χ3n) is 4.11. The lowest BCUT2D eigenvalue weighted by Gasteiger charge is -2.30. The van der Waals surface area contributed by atoms with Crippen LogP contribution in [0.4, 0.5) is 0 Å². The minimum Gasteiger partial charge on any atom is -0.492 e. The van der Waals surface area contributed by atoms with Crippen molar-refractivity contribution in [2.45, 2.75) is 32.9 Å². The van der Waals surface area contributed by atoms with E-state index in [0.717, 1.165) is 22.7 Å². The molecule has 0 spiro atoms. The summed E-state index contributed by atoms with van der Waals surface area (Å²) in [5.41, 5.74) is 1.01. The molecule has 2 heterocycles. The molecule has 0 aliphatic rings. The van der Waals surface area contributed by atoms with E-state index in [1.165, 1.54) is 22.2 Å². The van der Waals surface area contributed by atoms with E-state index in [9.17, 15) is 10.2 Å². The van der Waals surface area contributed by atoms with Crippen molar-refractivity contribution in [3.8, 4) is 11.6 Å². The van der Waals surface area contributed by atoms with E-state index in [4.69, 9.17) is 4.74 Å². The molecule has 0 saturated heterocycles. The number of ether oxygens (including phenoxy) is 1. The van der Waals surface area contributed by atoms with Crippen LogP contribution in [0.15, 0.2) is 30.6 Å². The van der Waals surface area contributed by atoms with E-state index in [-0.39, 0.29) is 24.6 Å². The molecule has 3 rings (SSSR count). The van der Waals surface area contributed by atoms with Gasteiger partial charge in [0.1, 0.15) is 12.1 Å². The van der Waals surface area contributed by atoms with Crippen molar-refractivity contribution in [1.82, 2.24) is 19.5 Å². The van der Waals surface area contributed by atoms with E-state index >= 15 is 0 Å². The van der Waals surface area contributed by atoms with Crippen molar-refractivity contribution in [3.05, 3.63) is 41.0 Å². The third kappa shape index (κ3) is 3.67. The molecular formula is C18H24N4O3S. The van der Waals surface area contributed by atoms with Crippen molar-refractivity contribution in [3.63, 3.8) is 0 Å². The highest BCUT2D eigenvalue weighted by molar-refractivity contribution is 7.17. The molecule has 0 bridgehead atoms. The highest BCUT2D eigenvalue weighted by Gasteiger charge is 2.28. The van der Waals surface area contributed by atoms with Crippen LogP contribution in [0.2, 0.25) is 0 Å². The Hall–Kier alpha value is -2.16. The number of fused-ring (bicyclic) bond motifs is 1. The van der Waals surface area contributed by atoms with Gasteiger partial charge in [-0.1, -0.05) is 30.4 Å². The molecule has 2 N–H and O–H groups in total. The Morgan fingerprint density at radius 1 is 1.27 bits per heavy atom. The highest BCUT2D eigenvalue weighted by atomic mass is 32.1. The van der Waals surface area contributed by atoms with Crippen molar-refractivity contribution in [1.29, 1.82) is 0 Å². The first-order valence-corrected chi connectivity index (χ1v) is 9.49. The maximum absolute atomic E-state index is 10.7. The summed E-state index contributed by atoms with van der Waals surface area (Å²) < 4.78 is 7.16. The van der Waals surface area contributed by atoms with E-state index in [2.05, 4.69) is 15.0 Å². The fraction of sp³-hybridized carbons (Fsp3) is 0.444. The molecule has 1 unspecified atom stereocenters. The molecule has 0 amide bonds. The minimum atomic E-state index is -0.200. The Morgan fingerprint density at radius 2 is 2.00 bits per heavy atom. The SMILES string of the molecule is CCN(CCO)C(c1ccc(OC(C)C)cc1)c1sc2ncnn2c1O. The van der Waals surface area contributed by atoms with Gasteiger partial charge >= 0.3 is 0 Å². The molecule has 26 heavy (non-hydrogen) atoms. The van der Waals surface area contributed by atoms with Crippen LogP contribution in [-0.4, -0.2) is 55.5 Å². The van der Waals surface area contributed by atoms with Crippen molar-refractivity contribution < 1.29 is 14.9 Å². The van der Waals surface area contributed by atoms with Gasteiger partial charge in [0.2, 0.25) is 10.8 Å². The van der Waals surface area contributed by atoms with Crippen molar-refractivity contribution in [2.75, 3.05) is 19.7 Å². The quantitative estimate of drug-likeness (QED) is 0.629. The van der Waals surface area contributed by atoms with Crippen LogP contribution in [0.3, 0.4) is 0 Å². The van der Waals surface area contributed by atoms with Crippen LogP contribution >= 0.6 is 11.3 Å². The van der Waals surface area contributed by atoms with Gasteiger partial charge in [-0.25, -0.2) is 4.98 Å². The Balaban J connectivity index is 2.03. The molecule has 0 aliphatic heterocycles. The predicted octanol–water partition coefficient (Wildman–Crippen LogP) is 2.69. The minimum absolute atomic E-state index is 0.0421. The summed E-state index contributed by atoms with van der Waals surface area (Å²) in [7, 11) is 0. The van der Waals surface area contributed by atoms with Gasteiger partial charge in [-0.3, -0.25) is 4.90 Å². The first-order valence-electron chi connectivity index (χ1n) is 8.68. The fourth-order valence-corrected chi connectivity index (χ4v) is 4.09. The summed E-state index contributed by atoms with van der Waals surface area (Å²) >= 11 is 1.40. The summed E-state index contributed by atoms with van der Waals surface area (Å²) in [5, 5.41) is 24.2. The lowest BCUT2D eigenvalue weighted by Crippen LogP contribution is -2.31. The molecule has 8 heteroatoms. The second-order valence-corrected chi connectivity index (χ2v) is 7.24. The number of hydrogen-bond acceptors (Lipinski definition) is 7. The number of benzene rings is 1. The summed E-state index contributed by atoms with van der Waals surface area (Å²) in [4.78, 5) is 7.69. The molecule has 0 aliphatic carbocycles. The number of aromatic nitrogens is 3. The van der Waals surface area contributed by atoms with E-state index < -0.39 is 0 Å². The summed E-state index contributed by atoms with van der Waals surface area (Å²) in [6.45, 7) is 7.28. The number of aliphatic hydroxyl groups excluding tert-OH is 1. The lowest BCUT2D eigenvalue weighted by atomic mass is 10.0. The van der Waals surface area contributed by atoms with Gasteiger partial charge in [0.05, 0.1) is 23.6 Å². The third-order valence-corrected chi connectivity index (χ3v) is 5.20. The number of likely N-dealkylation sites (N-methyl/N-ethyl adjacent to an activating group) is 1. The molecule has 7 nitrogen and oxygen atoms in total. The first kappa shape index (κ1) is 18.6. The zero-order valence-electron chi connectivity index (χ0n) is 15.2. The van der Waals surface area contributed by atoms with Crippen LogP contribution in [0.1, 0.15) is 37.3 Å². The van der Waals surface area contributed by atoms with Crippen LogP contribution in [-0.2, 0) is 0 Å². The average Bonchev–Trinajstić information content (AvgIpc) is 3.19. The maximum atomic E-state index is 10.7. The van der Waals surface area contributed by atoms with Crippen molar-refractivity contribution >= 4 is 16.3 Å². The van der Waals surface area contributed by atoms with Gasteiger partial charge < -0.3 is 14.9 Å². The second kappa shape index (κ2) is 8.03. The zero-order chi connectivity index (χ0) is 18.7. The van der Waals surface area contributed by atoms with Crippen LogP contribution in [0.5, 0.6) is 11.6 Å². The smallest absolute Gasteiger partial charge is 0.230 e. The standard InChI is InChI=1S/C18H24N4O3S/c1-4-21(9-10-23)15(13-5-7-14(8-6-13)25-12(2)3)16-17(24)22-18(26-16)19-11-20-22/h5-8,11-12,15,23-24H,4,9-10H2,1-3H3. The molecule has 1 aromatic carbocycles. The normalized spacial score (nSPS) is 13.0. The molecule has 0 fully saturated rings. The summed E-state index contributed by atoms with van der Waals surface area (Å²) in [6, 6.07) is 7.66. The van der Waals surface area contributed by atoms with E-state index in [1.807, 2.05) is 45.0 Å². The molecule has 3 aromatic rings. The second-order valence-electron chi connectivity index (χ2n) is 6.23. The lowest BCUT2D eigenvalue weighted by molar-refractivity contribution is 0.174. The fourth-order valence-electron chi connectivity index (χ4n) is 3.00. The Labute approximate surface area is 156 Å². The first-order chi connectivity index (χ1) is 12.5. The number of rotatable bonds is 8. The van der Waals surface area contributed by atoms with Gasteiger partial charge in [-0.05, 0) is 38.1 Å². The average molecular weight is 376 g/mol. The summed E-state index contributed by atoms with van der Waals surface area (Å²) in [5.74, 6) is 0.894. The zero-order valence-corrected chi connectivity index (χ0v) is 16.0. The predicted molar refractivity (Wildman–Crippen MR) is 101 cm³/mol. The van der Waals surface area contributed by atoms with Crippen molar-refractivity contribution in [2.24, 2.45) is 0 Å². The van der Waals surface area contributed by atoms with Crippen LogP contribution < -0.4 is 4.74 Å². The number of hydrogen-bond donors (Lipinski definition) is 2. The van der Waals surface area contributed by atoms with E-state index in [1.54, 1.807) is 0 Å².